The van der Waals surface area contributed by atoms with Gasteiger partial charge in [0.2, 0.25) is 0 Å². The highest BCUT2D eigenvalue weighted by atomic mass is 16.5. The van der Waals surface area contributed by atoms with E-state index in [4.69, 9.17) is 10.6 Å². The van der Waals surface area contributed by atoms with Gasteiger partial charge < -0.3 is 9.64 Å². The number of unbranched alkanes of at least 4 members (excludes halogenated alkanes) is 19. The largest absolute Gasteiger partial charge is 0.462 e. The number of ether oxygens (including phenoxy) is 1. The van der Waals surface area contributed by atoms with Crippen LogP contribution in [0.15, 0.2) is 0 Å². The number of guanidine groups is 1. The smallest absolute Gasteiger partial charge is 0.362 e. The zero-order valence-corrected chi connectivity index (χ0v) is 31.8. The lowest BCUT2D eigenvalue weighted by molar-refractivity contribution is -0.469. The Balaban J connectivity index is 4.37. The lowest BCUT2D eigenvalue weighted by Gasteiger charge is -2.22. The molecular weight excluding hydrogens is 570 g/mol. The van der Waals surface area contributed by atoms with Gasteiger partial charge in [0.05, 0.1) is 20.6 Å². The quantitative estimate of drug-likeness (QED) is 0.0122. The van der Waals surface area contributed by atoms with Crippen molar-refractivity contribution in [3.05, 3.63) is 0 Å². The van der Waals surface area contributed by atoms with Gasteiger partial charge in [-0.1, -0.05) is 136 Å². The molecule has 0 fully saturated rings. The summed E-state index contributed by atoms with van der Waals surface area (Å²) in [7, 11) is 3.97. The average Bonchev–Trinajstić information content (AvgIpc) is 3.04. The van der Waals surface area contributed by atoms with Crippen LogP contribution in [0.3, 0.4) is 0 Å². The molecule has 0 aromatic rings. The van der Waals surface area contributed by atoms with Gasteiger partial charge in [-0.25, -0.2) is 5.43 Å². The van der Waals surface area contributed by atoms with Crippen LogP contribution in [-0.4, -0.2) is 67.8 Å². The SMILES string of the molecule is CCCCCCCCC(CCCCCCCC)OC(=O)CCCCCCCN(CCCCCCCC)CCCNC(NN)=[N+](C)C. The van der Waals surface area contributed by atoms with Crippen molar-refractivity contribution >= 4 is 11.9 Å². The van der Waals surface area contributed by atoms with Crippen molar-refractivity contribution in [2.45, 2.75) is 200 Å². The molecule has 0 saturated heterocycles. The summed E-state index contributed by atoms with van der Waals surface area (Å²) >= 11 is 0. The maximum Gasteiger partial charge on any atom is 0.362 e. The maximum atomic E-state index is 12.7. The average molecular weight is 653 g/mol. The predicted octanol–water partition coefficient (Wildman–Crippen LogP) is 9.47. The van der Waals surface area contributed by atoms with E-state index in [9.17, 15) is 4.79 Å². The number of hydrogen-bond acceptors (Lipinski definition) is 4. The maximum absolute atomic E-state index is 12.7. The number of hydrazine groups is 1. The summed E-state index contributed by atoms with van der Waals surface area (Å²) < 4.78 is 8.02. The number of nitrogens with zero attached hydrogens (tertiary/aromatic N) is 2. The van der Waals surface area contributed by atoms with Crippen LogP contribution >= 0.6 is 0 Å². The molecule has 0 unspecified atom stereocenters. The van der Waals surface area contributed by atoms with Crippen LogP contribution in [0.25, 0.3) is 0 Å². The Labute approximate surface area is 287 Å². The number of carbonyl (C=O) groups excluding carboxylic acids is 1. The molecule has 274 valence electrons. The van der Waals surface area contributed by atoms with E-state index in [-0.39, 0.29) is 12.1 Å². The predicted molar refractivity (Wildman–Crippen MR) is 200 cm³/mol. The third-order valence-corrected chi connectivity index (χ3v) is 9.27. The molecule has 0 amide bonds. The monoisotopic (exact) mass is 653 g/mol. The minimum absolute atomic E-state index is 0.0418. The molecule has 0 rings (SSSR count). The van der Waals surface area contributed by atoms with E-state index in [0.29, 0.717) is 6.42 Å². The van der Waals surface area contributed by atoms with Gasteiger partial charge in [0, 0.05) is 13.0 Å². The highest BCUT2D eigenvalue weighted by Gasteiger charge is 2.14. The van der Waals surface area contributed by atoms with Gasteiger partial charge in [-0.2, -0.15) is 5.84 Å². The Morgan fingerprint density at radius 1 is 0.609 bits per heavy atom. The van der Waals surface area contributed by atoms with Crippen LogP contribution in [0.4, 0.5) is 0 Å². The topological polar surface area (TPSA) is 82.6 Å². The molecule has 0 saturated carbocycles. The van der Waals surface area contributed by atoms with Gasteiger partial charge in [0.25, 0.3) is 0 Å². The van der Waals surface area contributed by atoms with Crippen LogP contribution in [0, 0.1) is 0 Å². The van der Waals surface area contributed by atoms with E-state index in [1.54, 1.807) is 0 Å². The second-order valence-corrected chi connectivity index (χ2v) is 14.0. The number of carbonyl (C=O) groups is 1. The second kappa shape index (κ2) is 35.0. The summed E-state index contributed by atoms with van der Waals surface area (Å²) in [6, 6.07) is 0. The molecule has 0 heterocycles. The molecule has 0 radical (unpaired) electrons. The summed E-state index contributed by atoms with van der Waals surface area (Å²) in [5.41, 5.74) is 2.74. The Bertz CT molecular complexity index is 667. The minimum Gasteiger partial charge on any atom is -0.462 e. The Kier molecular flexibility index (Phi) is 34.0. The van der Waals surface area contributed by atoms with Crippen molar-refractivity contribution in [3.63, 3.8) is 0 Å². The van der Waals surface area contributed by atoms with Gasteiger partial charge >= 0.3 is 11.9 Å². The van der Waals surface area contributed by atoms with Crippen LogP contribution in [-0.2, 0) is 9.53 Å². The molecule has 0 aliphatic carbocycles. The van der Waals surface area contributed by atoms with Gasteiger partial charge in [-0.15, -0.1) is 0 Å². The standard InChI is InChI=1S/C39H81N5O2/c1-6-9-12-15-19-24-30-37(31-25-20-16-13-10-7-2)46-38(45)32-26-21-18-23-28-35-44(34-27-22-17-14-11-8-3)36-29-33-41-39(42-40)43(4)5/h37H,6-36,40H2,1-5H3,(H,41,42)/p+1. The van der Waals surface area contributed by atoms with Crippen LogP contribution in [0.5, 0.6) is 0 Å². The number of nitrogens with one attached hydrogen (secondary N) is 2. The molecule has 7 nitrogen and oxygen atoms in total. The zero-order valence-electron chi connectivity index (χ0n) is 31.8. The van der Waals surface area contributed by atoms with Crippen molar-refractivity contribution in [2.75, 3.05) is 40.3 Å². The third kappa shape index (κ3) is 30.0. The molecule has 0 atom stereocenters. The fraction of sp³-hybridized carbons (Fsp3) is 0.949. The van der Waals surface area contributed by atoms with E-state index in [0.717, 1.165) is 51.2 Å². The van der Waals surface area contributed by atoms with Crippen molar-refractivity contribution < 1.29 is 14.1 Å². The van der Waals surface area contributed by atoms with Crippen LogP contribution in [0.2, 0.25) is 0 Å². The minimum atomic E-state index is 0.0418. The molecule has 0 aliphatic heterocycles. The molecule has 0 aromatic heterocycles. The summed E-state index contributed by atoms with van der Waals surface area (Å²) in [6.45, 7) is 11.2. The summed E-state index contributed by atoms with van der Waals surface area (Å²) in [5.74, 6) is 6.53. The molecule has 4 N–H and O–H groups in total. The van der Waals surface area contributed by atoms with E-state index in [1.807, 2.05) is 18.7 Å². The van der Waals surface area contributed by atoms with E-state index >= 15 is 0 Å². The normalized spacial score (nSPS) is 11.4. The first-order valence-corrected chi connectivity index (χ1v) is 20.1. The molecule has 7 heteroatoms. The van der Waals surface area contributed by atoms with E-state index in [2.05, 4.69) is 36.4 Å². The van der Waals surface area contributed by atoms with E-state index in [1.165, 1.54) is 148 Å². The van der Waals surface area contributed by atoms with Crippen molar-refractivity contribution in [3.8, 4) is 0 Å². The van der Waals surface area contributed by atoms with Gasteiger partial charge in [-0.3, -0.25) is 14.7 Å². The number of hydrogen-bond donors (Lipinski definition) is 3. The number of esters is 1. The molecule has 0 aromatic carbocycles. The first kappa shape index (κ1) is 44.7. The zero-order chi connectivity index (χ0) is 33.9. The molecule has 0 spiro atoms. The second-order valence-electron chi connectivity index (χ2n) is 14.0. The summed E-state index contributed by atoms with van der Waals surface area (Å²) in [6.07, 6.45) is 33.4. The molecule has 46 heavy (non-hydrogen) atoms. The molecule has 0 bridgehead atoms. The molecule has 0 aliphatic rings. The number of rotatable bonds is 34. The van der Waals surface area contributed by atoms with Gasteiger partial charge in [-0.05, 0) is 64.5 Å². The molecular formula is C39H82N5O2+. The first-order valence-electron chi connectivity index (χ1n) is 20.1. The van der Waals surface area contributed by atoms with E-state index < -0.39 is 0 Å². The first-order chi connectivity index (χ1) is 22.5. The van der Waals surface area contributed by atoms with Crippen LogP contribution in [0.1, 0.15) is 194 Å². The highest BCUT2D eigenvalue weighted by molar-refractivity contribution is 5.73. The van der Waals surface area contributed by atoms with Crippen LogP contribution < -0.4 is 16.6 Å². The highest BCUT2D eigenvalue weighted by Crippen LogP contribution is 2.18. The van der Waals surface area contributed by atoms with Crippen molar-refractivity contribution in [1.82, 2.24) is 15.6 Å². The van der Waals surface area contributed by atoms with Crippen molar-refractivity contribution in [1.29, 1.82) is 0 Å². The fourth-order valence-electron chi connectivity index (χ4n) is 6.25. The summed E-state index contributed by atoms with van der Waals surface area (Å²) in [4.78, 5) is 15.4. The Hall–Kier alpha value is -1.34. The lowest BCUT2D eigenvalue weighted by atomic mass is 10.0. The van der Waals surface area contributed by atoms with Gasteiger partial charge in [0.1, 0.15) is 6.10 Å². The third-order valence-electron chi connectivity index (χ3n) is 9.27. The number of nitrogens with two attached hydrogens (primary N) is 1. The Morgan fingerprint density at radius 2 is 1.02 bits per heavy atom. The fourth-order valence-corrected chi connectivity index (χ4v) is 6.25. The van der Waals surface area contributed by atoms with Crippen molar-refractivity contribution in [2.24, 2.45) is 5.84 Å². The summed E-state index contributed by atoms with van der Waals surface area (Å²) in [5, 5.41) is 3.41. The Morgan fingerprint density at radius 3 is 1.48 bits per heavy atom. The lowest BCUT2D eigenvalue weighted by Crippen LogP contribution is -2.47. The van der Waals surface area contributed by atoms with Gasteiger partial charge in [0.15, 0.2) is 0 Å².